The van der Waals surface area contributed by atoms with Crippen molar-refractivity contribution < 1.29 is 9.90 Å². The SMILES string of the molecule is N[C@@H](CC(=O)O)c1cccc(-c2ccccc2)n1. The fraction of sp³-hybridized carbons (Fsp3) is 0.143. The van der Waals surface area contributed by atoms with E-state index in [0.717, 1.165) is 11.3 Å². The first-order valence-electron chi connectivity index (χ1n) is 5.66. The fourth-order valence-electron chi connectivity index (χ4n) is 1.72. The highest BCUT2D eigenvalue weighted by atomic mass is 16.4. The number of carboxylic acid groups (broad SMARTS) is 1. The fourth-order valence-corrected chi connectivity index (χ4v) is 1.72. The van der Waals surface area contributed by atoms with Gasteiger partial charge in [0.1, 0.15) is 0 Å². The van der Waals surface area contributed by atoms with Crippen molar-refractivity contribution in [2.24, 2.45) is 5.73 Å². The maximum absolute atomic E-state index is 10.6. The zero-order chi connectivity index (χ0) is 13.0. The molecule has 0 aliphatic rings. The summed E-state index contributed by atoms with van der Waals surface area (Å²) in [5.74, 6) is -0.922. The van der Waals surface area contributed by atoms with E-state index in [-0.39, 0.29) is 6.42 Å². The van der Waals surface area contributed by atoms with Crippen molar-refractivity contribution in [2.45, 2.75) is 12.5 Å². The van der Waals surface area contributed by atoms with Gasteiger partial charge in [-0.1, -0.05) is 36.4 Å². The van der Waals surface area contributed by atoms with Gasteiger partial charge in [0.05, 0.1) is 23.9 Å². The predicted molar refractivity (Wildman–Crippen MR) is 68.9 cm³/mol. The van der Waals surface area contributed by atoms with Crippen LogP contribution in [0.5, 0.6) is 0 Å². The normalized spacial score (nSPS) is 12.1. The summed E-state index contributed by atoms with van der Waals surface area (Å²) in [5, 5.41) is 8.72. The van der Waals surface area contributed by atoms with Crippen LogP contribution in [0.2, 0.25) is 0 Å². The quantitative estimate of drug-likeness (QED) is 0.861. The highest BCUT2D eigenvalue weighted by Gasteiger charge is 2.12. The number of nitrogens with two attached hydrogens (primary N) is 1. The third-order valence-corrected chi connectivity index (χ3v) is 2.61. The van der Waals surface area contributed by atoms with Crippen molar-refractivity contribution in [2.75, 3.05) is 0 Å². The first kappa shape index (κ1) is 12.3. The molecule has 1 aromatic carbocycles. The van der Waals surface area contributed by atoms with E-state index in [1.807, 2.05) is 42.5 Å². The number of nitrogens with zero attached hydrogens (tertiary/aromatic N) is 1. The number of aromatic nitrogens is 1. The molecular weight excluding hydrogens is 228 g/mol. The lowest BCUT2D eigenvalue weighted by Gasteiger charge is -2.10. The van der Waals surface area contributed by atoms with E-state index < -0.39 is 12.0 Å². The van der Waals surface area contributed by atoms with E-state index in [4.69, 9.17) is 10.8 Å². The molecule has 2 aromatic rings. The second kappa shape index (κ2) is 5.42. The van der Waals surface area contributed by atoms with Gasteiger partial charge in [-0.2, -0.15) is 0 Å². The Morgan fingerprint density at radius 3 is 2.56 bits per heavy atom. The first-order chi connectivity index (χ1) is 8.66. The minimum Gasteiger partial charge on any atom is -0.481 e. The van der Waals surface area contributed by atoms with Gasteiger partial charge in [0.2, 0.25) is 0 Å². The third-order valence-electron chi connectivity index (χ3n) is 2.61. The molecule has 3 N–H and O–H groups in total. The molecular formula is C14H14N2O2. The average molecular weight is 242 g/mol. The van der Waals surface area contributed by atoms with E-state index in [0.29, 0.717) is 5.69 Å². The summed E-state index contributed by atoms with van der Waals surface area (Å²) >= 11 is 0. The lowest BCUT2D eigenvalue weighted by Crippen LogP contribution is -2.16. The van der Waals surface area contributed by atoms with Crippen molar-refractivity contribution in [3.8, 4) is 11.3 Å². The Kier molecular flexibility index (Phi) is 3.69. The third kappa shape index (κ3) is 2.93. The molecule has 18 heavy (non-hydrogen) atoms. The molecule has 2 rings (SSSR count). The summed E-state index contributed by atoms with van der Waals surface area (Å²) in [6.07, 6.45) is -0.120. The molecule has 0 saturated heterocycles. The largest absolute Gasteiger partial charge is 0.481 e. The number of hydrogen-bond donors (Lipinski definition) is 2. The van der Waals surface area contributed by atoms with Gasteiger partial charge in [0.15, 0.2) is 0 Å². The van der Waals surface area contributed by atoms with Crippen molar-refractivity contribution in [3.63, 3.8) is 0 Å². The van der Waals surface area contributed by atoms with Gasteiger partial charge < -0.3 is 10.8 Å². The molecule has 1 atom stereocenters. The highest BCUT2D eigenvalue weighted by molar-refractivity contribution is 5.68. The number of benzene rings is 1. The van der Waals surface area contributed by atoms with Crippen LogP contribution in [0.15, 0.2) is 48.5 Å². The highest BCUT2D eigenvalue weighted by Crippen LogP contribution is 2.19. The van der Waals surface area contributed by atoms with Gasteiger partial charge in [0.25, 0.3) is 0 Å². The molecule has 0 aliphatic heterocycles. The van der Waals surface area contributed by atoms with E-state index in [2.05, 4.69) is 4.98 Å². The summed E-state index contributed by atoms with van der Waals surface area (Å²) in [4.78, 5) is 15.0. The van der Waals surface area contributed by atoms with Crippen molar-refractivity contribution in [1.82, 2.24) is 4.98 Å². The zero-order valence-corrected chi connectivity index (χ0v) is 9.78. The topological polar surface area (TPSA) is 76.2 Å². The van der Waals surface area contributed by atoms with Gasteiger partial charge in [-0.25, -0.2) is 0 Å². The Morgan fingerprint density at radius 1 is 1.17 bits per heavy atom. The summed E-state index contributed by atoms with van der Waals surface area (Å²) in [7, 11) is 0. The second-order valence-electron chi connectivity index (χ2n) is 4.02. The van der Waals surface area contributed by atoms with Gasteiger partial charge >= 0.3 is 5.97 Å². The Hall–Kier alpha value is -2.20. The van der Waals surface area contributed by atoms with Crippen LogP contribution in [0, 0.1) is 0 Å². The predicted octanol–water partition coefficient (Wildman–Crippen LogP) is 2.22. The molecule has 0 radical (unpaired) electrons. The van der Waals surface area contributed by atoms with Crippen molar-refractivity contribution >= 4 is 5.97 Å². The Labute approximate surface area is 105 Å². The van der Waals surface area contributed by atoms with Gasteiger partial charge in [-0.3, -0.25) is 9.78 Å². The molecule has 4 heteroatoms. The van der Waals surface area contributed by atoms with Crippen molar-refractivity contribution in [1.29, 1.82) is 0 Å². The van der Waals surface area contributed by atoms with E-state index >= 15 is 0 Å². The molecule has 92 valence electrons. The summed E-state index contributed by atoms with van der Waals surface area (Å²) in [6, 6.07) is 14.6. The van der Waals surface area contributed by atoms with Crippen LogP contribution >= 0.6 is 0 Å². The van der Waals surface area contributed by atoms with Crippen LogP contribution in [-0.2, 0) is 4.79 Å². The lowest BCUT2D eigenvalue weighted by molar-refractivity contribution is -0.137. The molecule has 0 aliphatic carbocycles. The van der Waals surface area contributed by atoms with Gasteiger partial charge in [-0.05, 0) is 12.1 Å². The lowest BCUT2D eigenvalue weighted by atomic mass is 10.1. The van der Waals surface area contributed by atoms with Crippen LogP contribution in [0.3, 0.4) is 0 Å². The maximum Gasteiger partial charge on any atom is 0.305 e. The average Bonchev–Trinajstić information content (AvgIpc) is 2.39. The monoisotopic (exact) mass is 242 g/mol. The summed E-state index contributed by atoms with van der Waals surface area (Å²) < 4.78 is 0. The summed E-state index contributed by atoms with van der Waals surface area (Å²) in [5.41, 5.74) is 8.18. The van der Waals surface area contributed by atoms with Crippen LogP contribution in [0.4, 0.5) is 0 Å². The summed E-state index contributed by atoms with van der Waals surface area (Å²) in [6.45, 7) is 0. The number of carboxylic acids is 1. The van der Waals surface area contributed by atoms with Crippen LogP contribution < -0.4 is 5.73 Å². The molecule has 0 unspecified atom stereocenters. The molecule has 0 saturated carbocycles. The van der Waals surface area contributed by atoms with Crippen LogP contribution in [-0.4, -0.2) is 16.1 Å². The number of hydrogen-bond acceptors (Lipinski definition) is 3. The number of rotatable bonds is 4. The molecule has 1 aromatic heterocycles. The number of carbonyl (C=O) groups is 1. The Bertz CT molecular complexity index is 541. The smallest absolute Gasteiger partial charge is 0.305 e. The molecule has 4 nitrogen and oxygen atoms in total. The molecule has 0 bridgehead atoms. The maximum atomic E-state index is 10.6. The minimum absolute atomic E-state index is 0.120. The molecule has 1 heterocycles. The number of aliphatic carboxylic acids is 1. The Balaban J connectivity index is 2.28. The van der Waals surface area contributed by atoms with E-state index in [1.54, 1.807) is 6.07 Å². The van der Waals surface area contributed by atoms with Crippen LogP contribution in [0.25, 0.3) is 11.3 Å². The molecule has 0 spiro atoms. The first-order valence-corrected chi connectivity index (χ1v) is 5.66. The van der Waals surface area contributed by atoms with Crippen molar-refractivity contribution in [3.05, 3.63) is 54.2 Å². The van der Waals surface area contributed by atoms with E-state index in [9.17, 15) is 4.79 Å². The number of pyridine rings is 1. The van der Waals surface area contributed by atoms with Crippen LogP contribution in [0.1, 0.15) is 18.2 Å². The van der Waals surface area contributed by atoms with E-state index in [1.165, 1.54) is 0 Å². The van der Waals surface area contributed by atoms with Gasteiger partial charge in [-0.15, -0.1) is 0 Å². The zero-order valence-electron chi connectivity index (χ0n) is 9.78. The van der Waals surface area contributed by atoms with Gasteiger partial charge in [0, 0.05) is 5.56 Å². The second-order valence-corrected chi connectivity index (χ2v) is 4.02. The molecule has 0 fully saturated rings. The molecule has 0 amide bonds. The standard InChI is InChI=1S/C14H14N2O2/c15-11(9-14(17)18)13-8-4-7-12(16-13)10-5-2-1-3-6-10/h1-8,11H,9,15H2,(H,17,18)/t11-/m0/s1. The minimum atomic E-state index is -0.922. The Morgan fingerprint density at radius 2 is 1.89 bits per heavy atom.